The summed E-state index contributed by atoms with van der Waals surface area (Å²) in [5.74, 6) is 0.145. The molecule has 9 heteroatoms. The van der Waals surface area contributed by atoms with E-state index in [4.69, 9.17) is 0 Å². The zero-order valence-electron chi connectivity index (χ0n) is 13.3. The van der Waals surface area contributed by atoms with Gasteiger partial charge in [0.25, 0.3) is 0 Å². The molecule has 1 unspecified atom stereocenters. The van der Waals surface area contributed by atoms with Crippen LogP contribution in [0.3, 0.4) is 0 Å². The van der Waals surface area contributed by atoms with Crippen LogP contribution in [0, 0.1) is 0 Å². The van der Waals surface area contributed by atoms with Gasteiger partial charge in [-0.3, -0.25) is 10.00 Å². The molecule has 0 radical (unpaired) electrons. The first-order valence-corrected chi connectivity index (χ1v) is 9.64. The van der Waals surface area contributed by atoms with Crippen LogP contribution >= 0.6 is 0 Å². The zero-order chi connectivity index (χ0) is 16.7. The first-order chi connectivity index (χ1) is 11.5. The van der Waals surface area contributed by atoms with Gasteiger partial charge in [-0.15, -0.1) is 0 Å². The van der Waals surface area contributed by atoms with Crippen LogP contribution in [0.15, 0.2) is 35.7 Å². The van der Waals surface area contributed by atoms with E-state index in [-0.39, 0.29) is 5.92 Å². The third kappa shape index (κ3) is 2.69. The van der Waals surface area contributed by atoms with Gasteiger partial charge >= 0.3 is 0 Å². The molecule has 24 heavy (non-hydrogen) atoms. The van der Waals surface area contributed by atoms with Crippen LogP contribution in [-0.2, 0) is 16.4 Å². The first-order valence-electron chi connectivity index (χ1n) is 7.75. The van der Waals surface area contributed by atoms with Crippen LogP contribution < -0.4 is 0 Å². The molecule has 0 aromatic carbocycles. The number of nitrogens with one attached hydrogen (secondary N) is 1. The number of H-pyrrole nitrogens is 1. The number of nitrogens with zero attached hydrogens (tertiary/aromatic N) is 5. The summed E-state index contributed by atoms with van der Waals surface area (Å²) in [5, 5.41) is 11.1. The molecule has 0 aliphatic carbocycles. The molecule has 3 aromatic heterocycles. The van der Waals surface area contributed by atoms with E-state index in [0.29, 0.717) is 4.90 Å². The third-order valence-corrected chi connectivity index (χ3v) is 5.58. The quantitative estimate of drug-likeness (QED) is 0.752. The Morgan fingerprint density at radius 1 is 1.38 bits per heavy atom. The average molecular weight is 346 g/mol. The summed E-state index contributed by atoms with van der Waals surface area (Å²) in [7, 11) is -3.26. The molecule has 0 amide bonds. The van der Waals surface area contributed by atoms with Gasteiger partial charge in [0.05, 0.1) is 18.1 Å². The minimum absolute atomic E-state index is 0.145. The highest BCUT2D eigenvalue weighted by atomic mass is 32.2. The van der Waals surface area contributed by atoms with Crippen molar-refractivity contribution in [2.24, 2.45) is 0 Å². The van der Waals surface area contributed by atoms with Crippen LogP contribution in [0.2, 0.25) is 0 Å². The number of likely N-dealkylation sites (tertiary alicyclic amines) is 1. The van der Waals surface area contributed by atoms with E-state index in [1.165, 1.54) is 12.5 Å². The maximum absolute atomic E-state index is 11.9. The molecule has 3 aromatic rings. The number of sulfone groups is 1. The van der Waals surface area contributed by atoms with Crippen molar-refractivity contribution in [3.8, 4) is 0 Å². The average Bonchev–Trinajstić information content (AvgIpc) is 3.25. The Bertz CT molecular complexity index is 977. The van der Waals surface area contributed by atoms with Crippen molar-refractivity contribution < 1.29 is 8.42 Å². The summed E-state index contributed by atoms with van der Waals surface area (Å²) in [6.07, 6.45) is 9.00. The predicted octanol–water partition coefficient (Wildman–Crippen LogP) is 0.845. The largest absolute Gasteiger partial charge is 0.298 e. The van der Waals surface area contributed by atoms with Crippen molar-refractivity contribution in [1.82, 2.24) is 29.7 Å². The minimum Gasteiger partial charge on any atom is -0.298 e. The van der Waals surface area contributed by atoms with E-state index in [1.807, 2.05) is 18.5 Å². The fraction of sp³-hybridized carbons (Fsp3) is 0.400. The van der Waals surface area contributed by atoms with Crippen molar-refractivity contribution in [1.29, 1.82) is 0 Å². The lowest BCUT2D eigenvalue weighted by Crippen LogP contribution is -2.20. The Hall–Kier alpha value is -2.26. The van der Waals surface area contributed by atoms with Crippen LogP contribution in [0.25, 0.3) is 5.65 Å². The molecule has 4 heterocycles. The van der Waals surface area contributed by atoms with Crippen LogP contribution in [0.5, 0.6) is 0 Å². The van der Waals surface area contributed by atoms with E-state index in [2.05, 4.69) is 25.2 Å². The van der Waals surface area contributed by atoms with E-state index in [1.54, 1.807) is 10.7 Å². The lowest BCUT2D eigenvalue weighted by molar-refractivity contribution is 0.327. The Morgan fingerprint density at radius 3 is 3.08 bits per heavy atom. The lowest BCUT2D eigenvalue weighted by Gasteiger charge is -2.15. The number of hydrogen-bond acceptors (Lipinski definition) is 6. The van der Waals surface area contributed by atoms with E-state index < -0.39 is 9.84 Å². The van der Waals surface area contributed by atoms with Gasteiger partial charge in [0.2, 0.25) is 0 Å². The van der Waals surface area contributed by atoms with Gasteiger partial charge in [0.15, 0.2) is 15.5 Å². The van der Waals surface area contributed by atoms with Crippen LogP contribution in [-0.4, -0.2) is 57.5 Å². The maximum Gasteiger partial charge on any atom is 0.178 e. The van der Waals surface area contributed by atoms with Crippen molar-refractivity contribution in [2.45, 2.75) is 23.8 Å². The van der Waals surface area contributed by atoms with Gasteiger partial charge in [-0.1, -0.05) is 0 Å². The smallest absolute Gasteiger partial charge is 0.178 e. The monoisotopic (exact) mass is 346 g/mol. The lowest BCUT2D eigenvalue weighted by atomic mass is 10.1. The second-order valence-electron chi connectivity index (χ2n) is 6.20. The normalized spacial score (nSPS) is 19.3. The molecule has 0 saturated carbocycles. The molecule has 0 spiro atoms. The van der Waals surface area contributed by atoms with Crippen LogP contribution in [0.4, 0.5) is 0 Å². The molecule has 8 nitrogen and oxygen atoms in total. The molecular weight excluding hydrogens is 328 g/mol. The van der Waals surface area contributed by atoms with E-state index in [9.17, 15) is 8.42 Å². The van der Waals surface area contributed by atoms with Gasteiger partial charge < -0.3 is 0 Å². The number of aromatic nitrogens is 5. The summed E-state index contributed by atoms with van der Waals surface area (Å²) in [6.45, 7) is 2.44. The van der Waals surface area contributed by atoms with Gasteiger partial charge in [-0.25, -0.2) is 17.9 Å². The van der Waals surface area contributed by atoms with Crippen LogP contribution in [0.1, 0.15) is 23.6 Å². The second-order valence-corrected chi connectivity index (χ2v) is 8.18. The highest BCUT2D eigenvalue weighted by molar-refractivity contribution is 7.90. The van der Waals surface area contributed by atoms with Gasteiger partial charge in [0, 0.05) is 43.2 Å². The molecule has 126 valence electrons. The molecular formula is C15H18N6O2S. The summed E-state index contributed by atoms with van der Waals surface area (Å²) in [4.78, 5) is 6.98. The van der Waals surface area contributed by atoms with Gasteiger partial charge in [-0.05, 0) is 19.0 Å². The molecule has 1 N–H and O–H groups in total. The summed E-state index contributed by atoms with van der Waals surface area (Å²) in [5.41, 5.74) is 2.65. The van der Waals surface area contributed by atoms with Crippen molar-refractivity contribution in [3.63, 3.8) is 0 Å². The molecule has 0 bridgehead atoms. The first kappa shape index (κ1) is 15.3. The SMILES string of the molecule is CS(=O)(=O)c1cn[nH]c1C1CCN(Cc2cnn3cccnc23)C1. The minimum atomic E-state index is -3.26. The highest BCUT2D eigenvalue weighted by Crippen LogP contribution is 2.31. The summed E-state index contributed by atoms with van der Waals surface area (Å²) < 4.78 is 25.5. The zero-order valence-corrected chi connectivity index (χ0v) is 14.1. The van der Waals surface area contributed by atoms with Crippen molar-refractivity contribution >= 4 is 15.5 Å². The van der Waals surface area contributed by atoms with E-state index >= 15 is 0 Å². The molecule has 1 atom stereocenters. The van der Waals surface area contributed by atoms with Crippen molar-refractivity contribution in [2.75, 3.05) is 19.3 Å². The number of fused-ring (bicyclic) bond motifs is 1. The molecule has 4 rings (SSSR count). The Balaban J connectivity index is 1.52. The number of aromatic amines is 1. The van der Waals surface area contributed by atoms with E-state index in [0.717, 1.165) is 43.0 Å². The summed E-state index contributed by atoms with van der Waals surface area (Å²) in [6, 6.07) is 1.85. The fourth-order valence-electron chi connectivity index (χ4n) is 3.31. The van der Waals surface area contributed by atoms with Gasteiger partial charge in [-0.2, -0.15) is 10.2 Å². The Kier molecular flexibility index (Phi) is 3.61. The topological polar surface area (TPSA) is 96.2 Å². The summed E-state index contributed by atoms with van der Waals surface area (Å²) >= 11 is 0. The number of rotatable bonds is 4. The third-order valence-electron chi connectivity index (χ3n) is 4.46. The fourth-order valence-corrected chi connectivity index (χ4v) is 4.17. The standard InChI is InChI=1S/C15H18N6O2S/c1-24(22,23)13-8-17-19-14(13)11-3-6-20(9-11)10-12-7-18-21-5-2-4-16-15(12)21/h2,4-5,7-8,11H,3,6,9-10H2,1H3,(H,17,19). The Morgan fingerprint density at radius 2 is 2.25 bits per heavy atom. The van der Waals surface area contributed by atoms with Crippen molar-refractivity contribution in [3.05, 3.63) is 42.1 Å². The molecule has 1 fully saturated rings. The number of hydrogen-bond donors (Lipinski definition) is 1. The molecule has 1 aliphatic heterocycles. The molecule has 1 aliphatic rings. The molecule has 1 saturated heterocycles. The maximum atomic E-state index is 11.9. The second kappa shape index (κ2) is 5.67. The Labute approximate surface area is 139 Å². The highest BCUT2D eigenvalue weighted by Gasteiger charge is 2.30. The van der Waals surface area contributed by atoms with Gasteiger partial charge in [0.1, 0.15) is 4.90 Å². The predicted molar refractivity (Wildman–Crippen MR) is 87.3 cm³/mol.